The van der Waals surface area contributed by atoms with Gasteiger partial charge in [0.2, 0.25) is 11.8 Å². The average molecular weight is 382 g/mol. The van der Waals surface area contributed by atoms with Crippen molar-refractivity contribution in [2.45, 2.75) is 13.2 Å². The van der Waals surface area contributed by atoms with E-state index in [2.05, 4.69) is 15.3 Å². The highest BCUT2D eigenvalue weighted by molar-refractivity contribution is 7.16. The monoisotopic (exact) mass is 382 g/mol. The highest BCUT2D eigenvalue weighted by atomic mass is 32.1. The highest BCUT2D eigenvalue weighted by Crippen LogP contribution is 2.35. The van der Waals surface area contributed by atoms with Gasteiger partial charge in [-0.2, -0.15) is 9.61 Å². The molecule has 1 aliphatic heterocycles. The third-order valence-corrected chi connectivity index (χ3v) is 4.79. The molecule has 0 unspecified atom stereocenters. The molecule has 0 aliphatic carbocycles. The average Bonchev–Trinajstić information content (AvgIpc) is 3.41. The lowest BCUT2D eigenvalue weighted by molar-refractivity contribution is 0.173. The minimum Gasteiger partial charge on any atom is -0.486 e. The molecule has 8 nitrogen and oxygen atoms in total. The van der Waals surface area contributed by atoms with Gasteiger partial charge in [-0.25, -0.2) is 0 Å². The molecule has 2 aromatic carbocycles. The Hall–Kier alpha value is -3.33. The van der Waals surface area contributed by atoms with Gasteiger partial charge >= 0.3 is 0 Å². The van der Waals surface area contributed by atoms with Crippen molar-refractivity contribution in [1.82, 2.24) is 19.8 Å². The molecule has 136 valence electrons. The van der Waals surface area contributed by atoms with Crippen LogP contribution in [0.1, 0.15) is 10.8 Å². The molecule has 0 bridgehead atoms. The van der Waals surface area contributed by atoms with E-state index in [0.717, 1.165) is 16.5 Å². The Morgan fingerprint density at radius 1 is 0.926 bits per heavy atom. The number of fused-ring (bicyclic) bond motifs is 2. The van der Waals surface area contributed by atoms with Crippen molar-refractivity contribution in [1.29, 1.82) is 0 Å². The Balaban J connectivity index is 1.27. The number of nitrogens with zero attached hydrogens (tertiary/aromatic N) is 4. The molecule has 0 N–H and O–H groups in total. The second-order valence-electron chi connectivity index (χ2n) is 5.71. The van der Waals surface area contributed by atoms with Gasteiger partial charge in [-0.15, -0.1) is 10.2 Å². The zero-order valence-electron chi connectivity index (χ0n) is 14.1. The van der Waals surface area contributed by atoms with E-state index >= 15 is 0 Å². The summed E-state index contributed by atoms with van der Waals surface area (Å²) in [6, 6.07) is 15.1. The first-order valence-electron chi connectivity index (χ1n) is 8.25. The van der Waals surface area contributed by atoms with Crippen LogP contribution in [-0.4, -0.2) is 26.6 Å². The molecule has 0 atom stereocenters. The van der Waals surface area contributed by atoms with Gasteiger partial charge in [-0.05, 0) is 24.3 Å². The summed E-state index contributed by atoms with van der Waals surface area (Å²) in [4.78, 5) is 0.700. The summed E-state index contributed by atoms with van der Waals surface area (Å²) < 4.78 is 23.9. The van der Waals surface area contributed by atoms with Gasteiger partial charge in [0.15, 0.2) is 22.3 Å². The summed E-state index contributed by atoms with van der Waals surface area (Å²) in [6.45, 7) is 0.847. The largest absolute Gasteiger partial charge is 0.486 e. The zero-order chi connectivity index (χ0) is 18.1. The standard InChI is InChI=1S/C18H14N4O4S/c1-2-4-12(5-3-1)24-10-17-21-22-16(19-20-18(22)27-17)9-23-13-6-7-14-15(8-13)26-11-25-14/h1-8H,9-11H2. The van der Waals surface area contributed by atoms with Crippen LogP contribution in [-0.2, 0) is 13.2 Å². The molecule has 2 aromatic heterocycles. The maximum atomic E-state index is 5.80. The van der Waals surface area contributed by atoms with E-state index in [1.807, 2.05) is 42.5 Å². The van der Waals surface area contributed by atoms with Gasteiger partial charge in [-0.1, -0.05) is 29.5 Å². The number of benzene rings is 2. The van der Waals surface area contributed by atoms with Crippen LogP contribution in [0, 0.1) is 0 Å². The van der Waals surface area contributed by atoms with E-state index in [0.29, 0.717) is 28.9 Å². The van der Waals surface area contributed by atoms with Gasteiger partial charge < -0.3 is 18.9 Å². The van der Waals surface area contributed by atoms with Crippen LogP contribution in [0.2, 0.25) is 0 Å². The molecule has 9 heteroatoms. The summed E-state index contributed by atoms with van der Waals surface area (Å²) in [5.74, 6) is 3.47. The predicted octanol–water partition coefficient (Wildman–Crippen LogP) is 3.07. The Labute approximate surface area is 157 Å². The lowest BCUT2D eigenvalue weighted by Crippen LogP contribution is -2.03. The maximum absolute atomic E-state index is 5.80. The smallest absolute Gasteiger partial charge is 0.234 e. The van der Waals surface area contributed by atoms with E-state index in [9.17, 15) is 0 Å². The second kappa shape index (κ2) is 6.76. The van der Waals surface area contributed by atoms with Gasteiger partial charge in [0, 0.05) is 6.07 Å². The fourth-order valence-electron chi connectivity index (χ4n) is 2.62. The summed E-state index contributed by atoms with van der Waals surface area (Å²) in [5, 5.41) is 13.6. The highest BCUT2D eigenvalue weighted by Gasteiger charge is 2.16. The summed E-state index contributed by atoms with van der Waals surface area (Å²) in [7, 11) is 0. The van der Waals surface area contributed by atoms with Crippen LogP contribution >= 0.6 is 11.3 Å². The number of rotatable bonds is 6. The first-order valence-corrected chi connectivity index (χ1v) is 9.07. The molecular formula is C18H14N4O4S. The van der Waals surface area contributed by atoms with Crippen LogP contribution in [0.25, 0.3) is 4.96 Å². The predicted molar refractivity (Wildman–Crippen MR) is 96.3 cm³/mol. The van der Waals surface area contributed by atoms with Crippen molar-refractivity contribution in [3.05, 3.63) is 59.4 Å². The first-order chi connectivity index (χ1) is 13.3. The number of hydrogen-bond acceptors (Lipinski definition) is 8. The summed E-state index contributed by atoms with van der Waals surface area (Å²) in [6.07, 6.45) is 0. The molecule has 3 heterocycles. The van der Waals surface area contributed by atoms with Gasteiger partial charge in [0.1, 0.15) is 24.7 Å². The van der Waals surface area contributed by atoms with Crippen molar-refractivity contribution in [3.8, 4) is 23.0 Å². The summed E-state index contributed by atoms with van der Waals surface area (Å²) in [5.41, 5.74) is 0. The van der Waals surface area contributed by atoms with E-state index in [4.69, 9.17) is 18.9 Å². The first kappa shape index (κ1) is 15.9. The van der Waals surface area contributed by atoms with Gasteiger partial charge in [-0.3, -0.25) is 0 Å². The van der Waals surface area contributed by atoms with Crippen molar-refractivity contribution < 1.29 is 18.9 Å². The minimum absolute atomic E-state index is 0.232. The van der Waals surface area contributed by atoms with Crippen LogP contribution in [0.3, 0.4) is 0 Å². The van der Waals surface area contributed by atoms with Crippen LogP contribution < -0.4 is 18.9 Å². The molecule has 27 heavy (non-hydrogen) atoms. The van der Waals surface area contributed by atoms with Crippen LogP contribution in [0.4, 0.5) is 0 Å². The molecule has 0 saturated heterocycles. The third kappa shape index (κ3) is 3.24. The maximum Gasteiger partial charge on any atom is 0.234 e. The van der Waals surface area contributed by atoms with E-state index in [1.165, 1.54) is 11.3 Å². The molecule has 5 rings (SSSR count). The topological polar surface area (TPSA) is 80.0 Å². The van der Waals surface area contributed by atoms with Crippen molar-refractivity contribution in [2.75, 3.05) is 6.79 Å². The number of aromatic nitrogens is 4. The summed E-state index contributed by atoms with van der Waals surface area (Å²) >= 11 is 1.44. The lowest BCUT2D eigenvalue weighted by atomic mass is 10.3. The molecule has 0 radical (unpaired) electrons. The molecule has 0 saturated carbocycles. The molecule has 0 fully saturated rings. The molecule has 0 spiro atoms. The molecule has 4 aromatic rings. The fourth-order valence-corrected chi connectivity index (χ4v) is 3.39. The van der Waals surface area contributed by atoms with Crippen LogP contribution in [0.5, 0.6) is 23.0 Å². The van der Waals surface area contributed by atoms with E-state index < -0.39 is 0 Å². The van der Waals surface area contributed by atoms with E-state index in [-0.39, 0.29) is 13.4 Å². The van der Waals surface area contributed by atoms with E-state index in [1.54, 1.807) is 10.6 Å². The number of hydrogen-bond donors (Lipinski definition) is 0. The molecule has 1 aliphatic rings. The van der Waals surface area contributed by atoms with Crippen molar-refractivity contribution in [3.63, 3.8) is 0 Å². The number of para-hydroxylation sites is 1. The Kier molecular flexibility index (Phi) is 3.98. The van der Waals surface area contributed by atoms with Crippen molar-refractivity contribution >= 4 is 16.3 Å². The van der Waals surface area contributed by atoms with Crippen molar-refractivity contribution in [2.24, 2.45) is 0 Å². The Morgan fingerprint density at radius 3 is 2.70 bits per heavy atom. The SMILES string of the molecule is c1ccc(OCc2nn3c(COc4ccc5c(c4)OCO5)nnc3s2)cc1. The quantitative estimate of drug-likeness (QED) is 0.507. The number of ether oxygens (including phenoxy) is 4. The van der Waals surface area contributed by atoms with Gasteiger partial charge in [0.25, 0.3) is 0 Å². The lowest BCUT2D eigenvalue weighted by Gasteiger charge is -2.05. The second-order valence-corrected chi connectivity index (χ2v) is 6.75. The minimum atomic E-state index is 0.232. The Bertz CT molecular complexity index is 1080. The molecule has 0 amide bonds. The Morgan fingerprint density at radius 2 is 1.78 bits per heavy atom. The van der Waals surface area contributed by atoms with Crippen LogP contribution in [0.15, 0.2) is 48.5 Å². The fraction of sp³-hybridized carbons (Fsp3) is 0.167. The van der Waals surface area contributed by atoms with Gasteiger partial charge in [0.05, 0.1) is 0 Å². The normalized spacial score (nSPS) is 12.4. The molecular weight excluding hydrogens is 368 g/mol. The zero-order valence-corrected chi connectivity index (χ0v) is 14.9. The third-order valence-electron chi connectivity index (χ3n) is 3.91.